The minimum atomic E-state index is -0.0560. The van der Waals surface area contributed by atoms with Crippen LogP contribution < -0.4 is 14.8 Å². The summed E-state index contributed by atoms with van der Waals surface area (Å²) in [6.45, 7) is 0.879. The third-order valence-corrected chi connectivity index (χ3v) is 4.67. The van der Waals surface area contributed by atoms with Crippen LogP contribution in [0.15, 0.2) is 47.4 Å². The van der Waals surface area contributed by atoms with Gasteiger partial charge in [-0.2, -0.15) is 0 Å². The number of carbonyl (C=O) groups excluding carboxylic acids is 1. The second kappa shape index (κ2) is 11.0. The highest BCUT2D eigenvalue weighted by atomic mass is 35.5. The maximum atomic E-state index is 12.1. The van der Waals surface area contributed by atoms with E-state index in [4.69, 9.17) is 25.8 Å². The van der Waals surface area contributed by atoms with Crippen LogP contribution in [-0.2, 0) is 9.53 Å². The number of nitrogens with one attached hydrogen (secondary N) is 1. The van der Waals surface area contributed by atoms with Crippen molar-refractivity contribution >= 4 is 35.0 Å². The zero-order valence-electron chi connectivity index (χ0n) is 14.8. The molecule has 0 fully saturated rings. The monoisotopic (exact) mass is 395 g/mol. The van der Waals surface area contributed by atoms with E-state index < -0.39 is 0 Å². The Balaban J connectivity index is 1.85. The number of hydrogen-bond acceptors (Lipinski definition) is 5. The summed E-state index contributed by atoms with van der Waals surface area (Å²) in [5.41, 5.74) is 0.666. The van der Waals surface area contributed by atoms with E-state index in [1.54, 1.807) is 44.2 Å². The van der Waals surface area contributed by atoms with Crippen molar-refractivity contribution in [1.29, 1.82) is 0 Å². The molecule has 140 valence electrons. The third-order valence-electron chi connectivity index (χ3n) is 3.40. The molecule has 0 spiro atoms. The molecule has 0 aliphatic heterocycles. The lowest BCUT2D eigenvalue weighted by atomic mass is 10.2. The molecular weight excluding hydrogens is 374 g/mol. The average Bonchev–Trinajstić information content (AvgIpc) is 2.64. The molecule has 5 nitrogen and oxygen atoms in total. The first-order chi connectivity index (χ1) is 12.6. The van der Waals surface area contributed by atoms with E-state index in [1.165, 1.54) is 0 Å². The standard InChI is InChI=1S/C19H22ClNO4S/c1-23-10-11-25-18-13-15(5-8-17(18)24-2)21-19(22)9-12-26-16-6-3-14(20)4-7-16/h3-8,13H,9-12H2,1-2H3,(H,21,22). The van der Waals surface area contributed by atoms with Crippen molar-refractivity contribution in [3.8, 4) is 11.5 Å². The van der Waals surface area contributed by atoms with Crippen LogP contribution in [0.4, 0.5) is 5.69 Å². The Morgan fingerprint density at radius 1 is 1.08 bits per heavy atom. The summed E-state index contributed by atoms with van der Waals surface area (Å²) in [6.07, 6.45) is 0.402. The van der Waals surface area contributed by atoms with Gasteiger partial charge in [-0.05, 0) is 36.4 Å². The van der Waals surface area contributed by atoms with Crippen molar-refractivity contribution < 1.29 is 19.0 Å². The van der Waals surface area contributed by atoms with Crippen molar-refractivity contribution in [2.75, 3.05) is 38.5 Å². The van der Waals surface area contributed by atoms with Gasteiger partial charge in [0, 0.05) is 41.0 Å². The predicted octanol–water partition coefficient (Wildman–Crippen LogP) is 4.49. The van der Waals surface area contributed by atoms with Crippen LogP contribution in [-0.4, -0.2) is 39.1 Å². The van der Waals surface area contributed by atoms with Crippen molar-refractivity contribution in [2.24, 2.45) is 0 Å². The Kier molecular flexibility index (Phi) is 8.61. The lowest BCUT2D eigenvalue weighted by Gasteiger charge is -2.12. The zero-order valence-corrected chi connectivity index (χ0v) is 16.4. The Morgan fingerprint density at radius 2 is 1.85 bits per heavy atom. The summed E-state index contributed by atoms with van der Waals surface area (Å²) in [5, 5.41) is 3.58. The Morgan fingerprint density at radius 3 is 2.54 bits per heavy atom. The van der Waals surface area contributed by atoms with Crippen LogP contribution >= 0.6 is 23.4 Å². The van der Waals surface area contributed by atoms with Crippen LogP contribution in [0.2, 0.25) is 5.02 Å². The number of hydrogen-bond donors (Lipinski definition) is 1. The largest absolute Gasteiger partial charge is 0.493 e. The Labute approximate surface area is 163 Å². The van der Waals surface area contributed by atoms with E-state index in [-0.39, 0.29) is 5.91 Å². The zero-order chi connectivity index (χ0) is 18.8. The van der Waals surface area contributed by atoms with E-state index >= 15 is 0 Å². The number of amides is 1. The molecule has 2 aromatic carbocycles. The SMILES string of the molecule is COCCOc1cc(NC(=O)CCSc2ccc(Cl)cc2)ccc1OC. The van der Waals surface area contributed by atoms with Gasteiger partial charge in [-0.25, -0.2) is 0 Å². The number of carbonyl (C=O) groups is 1. The average molecular weight is 396 g/mol. The topological polar surface area (TPSA) is 56.8 Å². The number of ether oxygens (including phenoxy) is 3. The van der Waals surface area contributed by atoms with Crippen molar-refractivity contribution in [2.45, 2.75) is 11.3 Å². The molecule has 0 saturated carbocycles. The fourth-order valence-electron chi connectivity index (χ4n) is 2.12. The number of anilines is 1. The maximum absolute atomic E-state index is 12.1. The van der Waals surface area contributed by atoms with Gasteiger partial charge < -0.3 is 19.5 Å². The minimum absolute atomic E-state index is 0.0560. The van der Waals surface area contributed by atoms with E-state index in [1.807, 2.05) is 24.3 Å². The summed E-state index contributed by atoms with van der Waals surface area (Å²) in [4.78, 5) is 13.2. The molecule has 0 unspecified atom stereocenters. The van der Waals surface area contributed by atoms with Crippen LogP contribution in [0.3, 0.4) is 0 Å². The quantitative estimate of drug-likeness (QED) is 0.474. The molecular formula is C19H22ClNO4S. The van der Waals surface area contributed by atoms with Crippen LogP contribution in [0, 0.1) is 0 Å². The Hall–Kier alpha value is -1.89. The lowest BCUT2D eigenvalue weighted by Crippen LogP contribution is -2.12. The number of rotatable bonds is 10. The van der Waals surface area contributed by atoms with Gasteiger partial charge in [0.1, 0.15) is 6.61 Å². The van der Waals surface area contributed by atoms with Crippen LogP contribution in [0.5, 0.6) is 11.5 Å². The molecule has 0 atom stereocenters. The van der Waals surface area contributed by atoms with Gasteiger partial charge in [0.25, 0.3) is 0 Å². The van der Waals surface area contributed by atoms with Crippen molar-refractivity contribution in [3.05, 3.63) is 47.5 Å². The molecule has 2 aromatic rings. The molecule has 1 N–H and O–H groups in total. The third kappa shape index (κ3) is 6.78. The van der Waals surface area contributed by atoms with Crippen LogP contribution in [0.25, 0.3) is 0 Å². The molecule has 0 saturated heterocycles. The molecule has 1 amide bonds. The van der Waals surface area contributed by atoms with E-state index in [0.717, 1.165) is 4.90 Å². The maximum Gasteiger partial charge on any atom is 0.225 e. The summed E-state index contributed by atoms with van der Waals surface area (Å²) in [5.74, 6) is 1.80. The molecule has 0 aliphatic carbocycles. The smallest absolute Gasteiger partial charge is 0.225 e. The van der Waals surface area contributed by atoms with Gasteiger partial charge in [0.15, 0.2) is 11.5 Å². The molecule has 0 aliphatic rings. The second-order valence-electron chi connectivity index (χ2n) is 5.31. The molecule has 0 bridgehead atoms. The van der Waals surface area contributed by atoms with Gasteiger partial charge in [-0.15, -0.1) is 11.8 Å². The van der Waals surface area contributed by atoms with Crippen molar-refractivity contribution in [1.82, 2.24) is 0 Å². The first-order valence-electron chi connectivity index (χ1n) is 8.10. The first kappa shape index (κ1) is 20.4. The molecule has 0 radical (unpaired) electrons. The van der Waals surface area contributed by atoms with Gasteiger partial charge in [-0.3, -0.25) is 4.79 Å². The van der Waals surface area contributed by atoms with E-state index in [9.17, 15) is 4.79 Å². The highest BCUT2D eigenvalue weighted by Crippen LogP contribution is 2.30. The summed E-state index contributed by atoms with van der Waals surface area (Å²) in [7, 11) is 3.18. The number of benzene rings is 2. The summed E-state index contributed by atoms with van der Waals surface area (Å²) < 4.78 is 15.9. The highest BCUT2D eigenvalue weighted by Gasteiger charge is 2.09. The van der Waals surface area contributed by atoms with E-state index in [0.29, 0.717) is 47.6 Å². The lowest BCUT2D eigenvalue weighted by molar-refractivity contribution is -0.115. The summed E-state index contributed by atoms with van der Waals surface area (Å²) >= 11 is 7.47. The van der Waals surface area contributed by atoms with Gasteiger partial charge in [0.2, 0.25) is 5.91 Å². The number of halogens is 1. The molecule has 0 aromatic heterocycles. The Bertz CT molecular complexity index is 709. The molecule has 2 rings (SSSR count). The van der Waals surface area contributed by atoms with Gasteiger partial charge in [-0.1, -0.05) is 11.6 Å². The number of methoxy groups -OCH3 is 2. The normalized spacial score (nSPS) is 10.4. The minimum Gasteiger partial charge on any atom is -0.493 e. The second-order valence-corrected chi connectivity index (χ2v) is 6.91. The first-order valence-corrected chi connectivity index (χ1v) is 9.46. The van der Waals surface area contributed by atoms with E-state index in [2.05, 4.69) is 5.32 Å². The van der Waals surface area contributed by atoms with Gasteiger partial charge in [0.05, 0.1) is 13.7 Å². The molecule has 26 heavy (non-hydrogen) atoms. The van der Waals surface area contributed by atoms with Gasteiger partial charge >= 0.3 is 0 Å². The predicted molar refractivity (Wildman–Crippen MR) is 106 cm³/mol. The molecule has 7 heteroatoms. The summed E-state index contributed by atoms with van der Waals surface area (Å²) in [6, 6.07) is 12.9. The highest BCUT2D eigenvalue weighted by molar-refractivity contribution is 7.99. The fraction of sp³-hybridized carbons (Fsp3) is 0.316. The van der Waals surface area contributed by atoms with Crippen molar-refractivity contribution in [3.63, 3.8) is 0 Å². The molecule has 0 heterocycles. The fourth-order valence-corrected chi connectivity index (χ4v) is 3.10. The van der Waals surface area contributed by atoms with Crippen LogP contribution in [0.1, 0.15) is 6.42 Å². The number of thioether (sulfide) groups is 1.